The summed E-state index contributed by atoms with van der Waals surface area (Å²) in [6.45, 7) is 5.89. The minimum Gasteiger partial charge on any atom is -0.333 e. The molecule has 0 bridgehead atoms. The number of rotatable bonds is 2. The van der Waals surface area contributed by atoms with E-state index in [-0.39, 0.29) is 0 Å². The lowest BCUT2D eigenvalue weighted by Gasteiger charge is -2.15. The van der Waals surface area contributed by atoms with Crippen molar-refractivity contribution in [3.63, 3.8) is 0 Å². The van der Waals surface area contributed by atoms with Crippen LogP contribution in [0.15, 0.2) is 6.33 Å². The van der Waals surface area contributed by atoms with Crippen LogP contribution in [0.25, 0.3) is 0 Å². The van der Waals surface area contributed by atoms with Gasteiger partial charge in [-0.25, -0.2) is 0 Å². The lowest BCUT2D eigenvalue weighted by molar-refractivity contribution is -0.945. The number of hydrogen-bond donors (Lipinski definition) is 2. The first-order chi connectivity index (χ1) is 7.66. The molecule has 0 amide bonds. The highest BCUT2D eigenvalue weighted by Crippen LogP contribution is 1.86. The fourth-order valence-electron chi connectivity index (χ4n) is 2.18. The van der Waals surface area contributed by atoms with Crippen molar-refractivity contribution < 1.29 is 9.80 Å². The molecule has 0 aliphatic carbocycles. The molecule has 1 fully saturated rings. The molecule has 2 unspecified atom stereocenters. The maximum Gasteiger partial charge on any atom is 0.202 e. The predicted octanol–water partition coefficient (Wildman–Crippen LogP) is -2.29. The van der Waals surface area contributed by atoms with Gasteiger partial charge in [0.15, 0.2) is 6.67 Å². The van der Waals surface area contributed by atoms with Crippen molar-refractivity contribution in [3.8, 4) is 0 Å². The highest BCUT2D eigenvalue weighted by atomic mass is 32.1. The molecule has 0 spiro atoms. The summed E-state index contributed by atoms with van der Waals surface area (Å²) >= 11 is 5.30. The Kier molecular flexibility index (Phi) is 3.73. The van der Waals surface area contributed by atoms with Crippen LogP contribution in [0.4, 0.5) is 0 Å². The maximum absolute atomic E-state index is 5.30. The largest absolute Gasteiger partial charge is 0.333 e. The van der Waals surface area contributed by atoms with Gasteiger partial charge in [0.2, 0.25) is 4.77 Å². The van der Waals surface area contributed by atoms with Gasteiger partial charge in [0, 0.05) is 13.5 Å². The Bertz CT molecular complexity index is 396. The molecule has 1 saturated heterocycles. The number of quaternary nitrogens is 2. The van der Waals surface area contributed by atoms with E-state index in [1.54, 1.807) is 16.1 Å². The van der Waals surface area contributed by atoms with Gasteiger partial charge >= 0.3 is 0 Å². The fraction of sp³-hybridized carbons (Fsp3) is 0.800. The molecule has 16 heavy (non-hydrogen) atoms. The topological polar surface area (TPSA) is 31.6 Å². The molecule has 2 heterocycles. The summed E-state index contributed by atoms with van der Waals surface area (Å²) in [4.78, 5) is 3.23. The van der Waals surface area contributed by atoms with Crippen molar-refractivity contribution in [1.29, 1.82) is 0 Å². The monoisotopic (exact) mass is 243 g/mol. The molecule has 0 aromatic carbocycles. The molecule has 2 N–H and O–H groups in total. The molecule has 90 valence electrons. The smallest absolute Gasteiger partial charge is 0.202 e. The van der Waals surface area contributed by atoms with Crippen LogP contribution in [0.5, 0.6) is 0 Å². The molecule has 6 heteroatoms. The molecular weight excluding hydrogens is 222 g/mol. The number of hydrogen-bond acceptors (Lipinski definition) is 2. The Morgan fingerprint density at radius 1 is 1.38 bits per heavy atom. The average molecular weight is 243 g/mol. The van der Waals surface area contributed by atoms with Crippen LogP contribution >= 0.6 is 12.2 Å². The van der Waals surface area contributed by atoms with Gasteiger partial charge < -0.3 is 14.4 Å². The second-order valence-corrected chi connectivity index (χ2v) is 5.11. The van der Waals surface area contributed by atoms with E-state index in [2.05, 4.69) is 12.1 Å². The summed E-state index contributed by atoms with van der Waals surface area (Å²) in [6.07, 6.45) is 3.08. The Balaban J connectivity index is 1.99. The molecule has 2 atom stereocenters. The van der Waals surface area contributed by atoms with Gasteiger partial charge in [-0.2, -0.15) is 9.78 Å². The lowest BCUT2D eigenvalue weighted by Crippen LogP contribution is -3.16. The summed E-state index contributed by atoms with van der Waals surface area (Å²) in [5, 5.41) is 4.31. The molecule has 1 aliphatic heterocycles. The van der Waals surface area contributed by atoms with Gasteiger partial charge in [0.25, 0.3) is 0 Å². The van der Waals surface area contributed by atoms with Gasteiger partial charge in [-0.15, -0.1) is 0 Å². The van der Waals surface area contributed by atoms with Crippen molar-refractivity contribution in [1.82, 2.24) is 14.3 Å². The lowest BCUT2D eigenvalue weighted by atomic mass is 10.4. The van der Waals surface area contributed by atoms with Crippen molar-refractivity contribution in [2.45, 2.75) is 13.1 Å². The molecule has 0 radical (unpaired) electrons. The van der Waals surface area contributed by atoms with Gasteiger partial charge in [-0.1, -0.05) is 0 Å². The number of aromatic nitrogens is 3. The molecule has 2 rings (SSSR count). The highest BCUT2D eigenvalue weighted by Gasteiger charge is 2.18. The molecular formula is C10H21N5S+2. The van der Waals surface area contributed by atoms with E-state index >= 15 is 0 Å². The minimum atomic E-state index is 0.817. The van der Waals surface area contributed by atoms with Gasteiger partial charge in [-0.3, -0.25) is 0 Å². The van der Waals surface area contributed by atoms with Gasteiger partial charge in [0.1, 0.15) is 19.4 Å². The number of nitrogens with zero attached hydrogens (tertiary/aromatic N) is 3. The van der Waals surface area contributed by atoms with E-state index in [4.69, 9.17) is 12.2 Å². The van der Waals surface area contributed by atoms with Crippen LogP contribution in [-0.2, 0) is 13.7 Å². The van der Waals surface area contributed by atoms with E-state index in [0.717, 1.165) is 11.4 Å². The summed E-state index contributed by atoms with van der Waals surface area (Å²) in [5.41, 5.74) is 0. The van der Waals surface area contributed by atoms with Gasteiger partial charge in [0.05, 0.1) is 20.1 Å². The van der Waals surface area contributed by atoms with E-state index < -0.39 is 0 Å². The van der Waals surface area contributed by atoms with Crippen LogP contribution in [0.3, 0.4) is 0 Å². The summed E-state index contributed by atoms with van der Waals surface area (Å²) < 4.78 is 4.65. The first kappa shape index (κ1) is 11.8. The standard InChI is InChI=1S/C10H19N5S/c1-12-4-3-5-14(7-6-12)9-15-10(16)13(2)8-11-15/h8H,3-7,9H2,1-2H3/p+2. The van der Waals surface area contributed by atoms with Crippen LogP contribution < -0.4 is 9.80 Å². The fourth-order valence-corrected chi connectivity index (χ4v) is 2.34. The van der Waals surface area contributed by atoms with E-state index in [0.29, 0.717) is 0 Å². The minimum absolute atomic E-state index is 0.817. The first-order valence-electron chi connectivity index (χ1n) is 5.90. The SMILES string of the molecule is Cn1cnn(C[NH+]2CCC[NH+](C)CC2)c1=S. The summed E-state index contributed by atoms with van der Waals surface area (Å²) in [7, 11) is 4.22. The third-order valence-corrected chi connectivity index (χ3v) is 3.80. The zero-order valence-electron chi connectivity index (χ0n) is 10.1. The number of aryl methyl sites for hydroxylation is 1. The maximum atomic E-state index is 5.30. The average Bonchev–Trinajstić information content (AvgIpc) is 2.48. The van der Waals surface area contributed by atoms with Gasteiger partial charge in [-0.05, 0) is 12.2 Å². The Hall–Kier alpha value is -0.720. The Labute approximate surface area is 101 Å². The molecule has 1 aliphatic rings. The molecule has 5 nitrogen and oxygen atoms in total. The highest BCUT2D eigenvalue weighted by molar-refractivity contribution is 7.71. The third-order valence-electron chi connectivity index (χ3n) is 3.30. The second kappa shape index (κ2) is 5.07. The van der Waals surface area contributed by atoms with Crippen LogP contribution in [-0.4, -0.2) is 47.6 Å². The molecule has 1 aromatic rings. The molecule has 0 saturated carbocycles. The Morgan fingerprint density at radius 2 is 2.19 bits per heavy atom. The normalized spacial score (nSPS) is 26.6. The van der Waals surface area contributed by atoms with Crippen LogP contribution in [0, 0.1) is 4.77 Å². The van der Waals surface area contributed by atoms with E-state index in [9.17, 15) is 0 Å². The number of nitrogens with one attached hydrogen (secondary N) is 2. The van der Waals surface area contributed by atoms with Crippen molar-refractivity contribution >= 4 is 12.2 Å². The van der Waals surface area contributed by atoms with E-state index in [1.807, 2.05) is 16.3 Å². The van der Waals surface area contributed by atoms with Crippen molar-refractivity contribution in [2.24, 2.45) is 7.05 Å². The quantitative estimate of drug-likeness (QED) is 0.573. The molecule has 1 aromatic heterocycles. The van der Waals surface area contributed by atoms with E-state index in [1.165, 1.54) is 32.6 Å². The summed E-state index contributed by atoms with van der Waals surface area (Å²) in [6, 6.07) is 0. The second-order valence-electron chi connectivity index (χ2n) is 4.74. The van der Waals surface area contributed by atoms with Crippen molar-refractivity contribution in [3.05, 3.63) is 11.1 Å². The zero-order valence-corrected chi connectivity index (χ0v) is 10.9. The van der Waals surface area contributed by atoms with Crippen molar-refractivity contribution in [2.75, 3.05) is 33.2 Å². The Morgan fingerprint density at radius 3 is 2.88 bits per heavy atom. The van der Waals surface area contributed by atoms with Crippen LogP contribution in [0.1, 0.15) is 6.42 Å². The summed E-state index contributed by atoms with van der Waals surface area (Å²) in [5.74, 6) is 0. The number of likely N-dealkylation sites (N-methyl/N-ethyl adjacent to an activating group) is 1. The zero-order chi connectivity index (χ0) is 11.5. The third kappa shape index (κ3) is 2.69. The van der Waals surface area contributed by atoms with Crippen LogP contribution in [0.2, 0.25) is 0 Å². The predicted molar refractivity (Wildman–Crippen MR) is 64.0 cm³/mol. The first-order valence-corrected chi connectivity index (χ1v) is 6.31.